The minimum absolute atomic E-state index is 0.0937. The number of likely N-dealkylation sites (tertiary alicyclic amines) is 1. The molecule has 0 radical (unpaired) electrons. The summed E-state index contributed by atoms with van der Waals surface area (Å²) in [5, 5.41) is 0. The van der Waals surface area contributed by atoms with Crippen molar-refractivity contribution in [3.8, 4) is 0 Å². The van der Waals surface area contributed by atoms with Crippen LogP contribution in [0.15, 0.2) is 42.7 Å². The number of carbonyl (C=O) groups excluding carboxylic acids is 1. The second-order valence-electron chi connectivity index (χ2n) is 6.11. The lowest BCUT2D eigenvalue weighted by Crippen LogP contribution is -2.28. The van der Waals surface area contributed by atoms with E-state index >= 15 is 0 Å². The molecule has 1 atom stereocenters. The van der Waals surface area contributed by atoms with Crippen molar-refractivity contribution >= 4 is 5.91 Å². The highest BCUT2D eigenvalue weighted by atomic mass is 16.2. The van der Waals surface area contributed by atoms with Crippen molar-refractivity contribution in [2.45, 2.75) is 25.4 Å². The van der Waals surface area contributed by atoms with Gasteiger partial charge in [0.05, 0.1) is 24.1 Å². The summed E-state index contributed by atoms with van der Waals surface area (Å²) in [4.78, 5) is 25.4. The van der Waals surface area contributed by atoms with Crippen molar-refractivity contribution in [3.63, 3.8) is 0 Å². The van der Waals surface area contributed by atoms with Gasteiger partial charge in [-0.2, -0.15) is 0 Å². The number of hydrogen-bond acceptors (Lipinski definition) is 4. The topological polar surface area (TPSA) is 49.3 Å². The average molecular weight is 310 g/mol. The van der Waals surface area contributed by atoms with Gasteiger partial charge in [-0.3, -0.25) is 14.7 Å². The second kappa shape index (κ2) is 6.87. The maximum Gasteiger partial charge on any atom is 0.274 e. The first-order valence-corrected chi connectivity index (χ1v) is 7.96. The Kier molecular flexibility index (Phi) is 4.67. The van der Waals surface area contributed by atoms with Gasteiger partial charge in [0.25, 0.3) is 5.91 Å². The summed E-state index contributed by atoms with van der Waals surface area (Å²) >= 11 is 0. The highest BCUT2D eigenvalue weighted by molar-refractivity contribution is 5.91. The van der Waals surface area contributed by atoms with E-state index in [1.54, 1.807) is 24.3 Å². The van der Waals surface area contributed by atoms with Crippen LogP contribution in [0.3, 0.4) is 0 Å². The molecular formula is C18H22N4O. The monoisotopic (exact) mass is 310 g/mol. The zero-order valence-corrected chi connectivity index (χ0v) is 13.6. The Morgan fingerprint density at radius 2 is 2.09 bits per heavy atom. The molecule has 0 bridgehead atoms. The lowest BCUT2D eigenvalue weighted by molar-refractivity contribution is 0.0778. The van der Waals surface area contributed by atoms with Crippen LogP contribution in [0.5, 0.6) is 0 Å². The molecule has 0 aliphatic carbocycles. The Morgan fingerprint density at radius 1 is 1.30 bits per heavy atom. The van der Waals surface area contributed by atoms with E-state index in [9.17, 15) is 4.79 Å². The molecule has 1 saturated heterocycles. The maximum atomic E-state index is 12.6. The van der Waals surface area contributed by atoms with Crippen LogP contribution in [0, 0.1) is 0 Å². The molecule has 1 aliphatic rings. The van der Waals surface area contributed by atoms with Gasteiger partial charge in [-0.25, -0.2) is 4.98 Å². The quantitative estimate of drug-likeness (QED) is 0.870. The largest absolute Gasteiger partial charge is 0.336 e. The molecule has 23 heavy (non-hydrogen) atoms. The van der Waals surface area contributed by atoms with Crippen LogP contribution in [-0.4, -0.2) is 46.3 Å². The Labute approximate surface area is 137 Å². The fourth-order valence-corrected chi connectivity index (χ4v) is 3.05. The molecule has 0 unspecified atom stereocenters. The van der Waals surface area contributed by atoms with Gasteiger partial charge >= 0.3 is 0 Å². The molecule has 0 spiro atoms. The summed E-state index contributed by atoms with van der Waals surface area (Å²) in [6.07, 6.45) is 5.57. The van der Waals surface area contributed by atoms with Gasteiger partial charge in [-0.1, -0.05) is 30.3 Å². The highest BCUT2D eigenvalue weighted by Crippen LogP contribution is 2.28. The Bertz CT molecular complexity index is 674. The molecule has 120 valence electrons. The first-order chi connectivity index (χ1) is 11.1. The lowest BCUT2D eigenvalue weighted by atomic mass is 10.1. The molecule has 1 amide bonds. The fraction of sp³-hybridized carbons (Fsp3) is 0.389. The van der Waals surface area contributed by atoms with Crippen LogP contribution in [0.25, 0.3) is 0 Å². The predicted octanol–water partition coefficient (Wildman–Crippen LogP) is 2.52. The molecule has 0 N–H and O–H groups in total. The van der Waals surface area contributed by atoms with Gasteiger partial charge in [-0.05, 0) is 32.0 Å². The van der Waals surface area contributed by atoms with Gasteiger partial charge in [0, 0.05) is 13.6 Å². The summed E-state index contributed by atoms with van der Waals surface area (Å²) in [5.41, 5.74) is 2.41. The Hall–Kier alpha value is -2.27. The number of rotatable bonds is 4. The van der Waals surface area contributed by atoms with Gasteiger partial charge < -0.3 is 4.90 Å². The normalized spacial score (nSPS) is 18.1. The number of carbonyl (C=O) groups is 1. The lowest BCUT2D eigenvalue weighted by Gasteiger charge is -2.20. The minimum atomic E-state index is -0.0937. The summed E-state index contributed by atoms with van der Waals surface area (Å²) in [7, 11) is 3.89. The second-order valence-corrected chi connectivity index (χ2v) is 6.11. The zero-order valence-electron chi connectivity index (χ0n) is 13.6. The molecule has 1 aliphatic heterocycles. The van der Waals surface area contributed by atoms with E-state index in [1.165, 1.54) is 0 Å². The van der Waals surface area contributed by atoms with Gasteiger partial charge in [0.1, 0.15) is 5.69 Å². The highest BCUT2D eigenvalue weighted by Gasteiger charge is 2.25. The minimum Gasteiger partial charge on any atom is -0.336 e. The maximum absolute atomic E-state index is 12.6. The Morgan fingerprint density at radius 3 is 2.78 bits per heavy atom. The van der Waals surface area contributed by atoms with Crippen molar-refractivity contribution in [2.75, 3.05) is 20.6 Å². The number of benzene rings is 1. The Balaban J connectivity index is 1.74. The first kappa shape index (κ1) is 15.6. The third-order valence-electron chi connectivity index (χ3n) is 4.34. The summed E-state index contributed by atoms with van der Waals surface area (Å²) < 4.78 is 0. The molecule has 5 nitrogen and oxygen atoms in total. The summed E-state index contributed by atoms with van der Waals surface area (Å²) in [5.74, 6) is -0.0937. The van der Waals surface area contributed by atoms with E-state index in [4.69, 9.17) is 0 Å². The average Bonchev–Trinajstić information content (AvgIpc) is 3.01. The van der Waals surface area contributed by atoms with Gasteiger partial charge in [0.15, 0.2) is 0 Å². The predicted molar refractivity (Wildman–Crippen MR) is 88.9 cm³/mol. The molecule has 2 heterocycles. The van der Waals surface area contributed by atoms with Gasteiger partial charge in [-0.15, -0.1) is 0 Å². The van der Waals surface area contributed by atoms with Crippen LogP contribution >= 0.6 is 0 Å². The fourth-order valence-electron chi connectivity index (χ4n) is 3.05. The number of amides is 1. The molecule has 1 fully saturated rings. The van der Waals surface area contributed by atoms with E-state index in [0.717, 1.165) is 30.6 Å². The molecule has 1 aromatic heterocycles. The third kappa shape index (κ3) is 3.56. The van der Waals surface area contributed by atoms with Crippen molar-refractivity contribution in [3.05, 3.63) is 59.7 Å². The number of nitrogens with zero attached hydrogens (tertiary/aromatic N) is 4. The summed E-state index contributed by atoms with van der Waals surface area (Å²) in [6.45, 7) is 1.63. The van der Waals surface area contributed by atoms with Crippen molar-refractivity contribution in [1.29, 1.82) is 0 Å². The van der Waals surface area contributed by atoms with E-state index in [0.29, 0.717) is 12.2 Å². The van der Waals surface area contributed by atoms with Crippen LogP contribution in [0.4, 0.5) is 0 Å². The standard InChI is InChI=1S/C18H22N4O/c1-21-10-6-9-17(21)15-11-19-12-16(20-15)18(23)22(2)13-14-7-4-3-5-8-14/h3-5,7-8,11-12,17H,6,9-10,13H2,1-2H3/t17-/m1/s1. The first-order valence-electron chi connectivity index (χ1n) is 7.96. The van der Waals surface area contributed by atoms with Crippen LogP contribution < -0.4 is 0 Å². The number of hydrogen-bond donors (Lipinski definition) is 0. The smallest absolute Gasteiger partial charge is 0.274 e. The summed E-state index contributed by atoms with van der Waals surface area (Å²) in [6, 6.07) is 10.2. The third-order valence-corrected chi connectivity index (χ3v) is 4.34. The van der Waals surface area contributed by atoms with Gasteiger partial charge in [0.2, 0.25) is 0 Å². The number of aromatic nitrogens is 2. The molecule has 1 aromatic carbocycles. The van der Waals surface area contributed by atoms with E-state index in [2.05, 4.69) is 21.9 Å². The van der Waals surface area contributed by atoms with E-state index in [1.807, 2.05) is 30.3 Å². The zero-order chi connectivity index (χ0) is 16.2. The van der Waals surface area contributed by atoms with Crippen molar-refractivity contribution in [2.24, 2.45) is 0 Å². The van der Waals surface area contributed by atoms with Crippen molar-refractivity contribution in [1.82, 2.24) is 19.8 Å². The van der Waals surface area contributed by atoms with Crippen LogP contribution in [-0.2, 0) is 6.54 Å². The SMILES string of the molecule is CN(Cc1ccccc1)C(=O)c1cncc([C@H]2CCCN2C)n1. The van der Waals surface area contributed by atoms with Crippen LogP contribution in [0.2, 0.25) is 0 Å². The van der Waals surface area contributed by atoms with E-state index < -0.39 is 0 Å². The molecular weight excluding hydrogens is 288 g/mol. The molecule has 5 heteroatoms. The van der Waals surface area contributed by atoms with E-state index in [-0.39, 0.29) is 11.9 Å². The molecule has 2 aromatic rings. The van der Waals surface area contributed by atoms with Crippen LogP contribution in [0.1, 0.15) is 40.6 Å². The van der Waals surface area contributed by atoms with Crippen molar-refractivity contribution < 1.29 is 4.79 Å². The molecule has 3 rings (SSSR count). The molecule has 0 saturated carbocycles.